The average Bonchev–Trinajstić information content (AvgIpc) is 3.54. The molecule has 4 aromatic carbocycles. The molecule has 0 bridgehead atoms. The monoisotopic (exact) mass is 1040 g/mol. The minimum Gasteiger partial charge on any atom is -0.490 e. The number of ether oxygens (including phenoxy) is 4. The Hall–Kier alpha value is -4.46. The van der Waals surface area contributed by atoms with Gasteiger partial charge in [0.15, 0.2) is 19.7 Å². The molecular formula is C52H72N4O10S4. The van der Waals surface area contributed by atoms with Crippen molar-refractivity contribution in [3.05, 3.63) is 84.9 Å². The van der Waals surface area contributed by atoms with Crippen LogP contribution in [0.2, 0.25) is 0 Å². The van der Waals surface area contributed by atoms with Gasteiger partial charge in [0, 0.05) is 47.4 Å². The van der Waals surface area contributed by atoms with Gasteiger partial charge in [-0.2, -0.15) is 0 Å². The highest BCUT2D eigenvalue weighted by molar-refractivity contribution is 7.99. The van der Waals surface area contributed by atoms with Gasteiger partial charge in [0.2, 0.25) is 0 Å². The summed E-state index contributed by atoms with van der Waals surface area (Å²) in [5, 5.41) is 0. The zero-order valence-electron chi connectivity index (χ0n) is 41.9. The molecular weight excluding hydrogens is 969 g/mol. The Morgan fingerprint density at radius 3 is 1.27 bits per heavy atom. The predicted molar refractivity (Wildman–Crippen MR) is 283 cm³/mol. The maximum Gasteiger partial charge on any atom is 0.326 e. The summed E-state index contributed by atoms with van der Waals surface area (Å²) >= 11 is 2.91. The van der Waals surface area contributed by atoms with E-state index in [1.807, 2.05) is 85.3 Å². The van der Waals surface area contributed by atoms with E-state index in [0.29, 0.717) is 36.0 Å². The van der Waals surface area contributed by atoms with E-state index >= 15 is 0 Å². The van der Waals surface area contributed by atoms with Gasteiger partial charge < -0.3 is 40.2 Å². The van der Waals surface area contributed by atoms with E-state index in [0.717, 1.165) is 72.5 Å². The zero-order valence-corrected chi connectivity index (χ0v) is 45.2. The first-order valence-corrected chi connectivity index (χ1v) is 29.6. The van der Waals surface area contributed by atoms with E-state index in [1.165, 1.54) is 37.7 Å². The molecule has 2 heterocycles. The summed E-state index contributed by atoms with van der Waals surface area (Å²) in [6, 6.07) is 24.9. The van der Waals surface area contributed by atoms with Crippen molar-refractivity contribution in [2.24, 2.45) is 22.3 Å². The van der Waals surface area contributed by atoms with Gasteiger partial charge in [-0.25, -0.2) is 16.8 Å². The number of para-hydroxylation sites is 2. The highest BCUT2D eigenvalue weighted by Gasteiger charge is 2.43. The lowest BCUT2D eigenvalue weighted by molar-refractivity contribution is -0.143. The Morgan fingerprint density at radius 1 is 0.614 bits per heavy atom. The van der Waals surface area contributed by atoms with Crippen molar-refractivity contribution in [2.45, 2.75) is 111 Å². The number of methoxy groups -OCH3 is 2. The molecule has 0 saturated carbocycles. The predicted octanol–water partition coefficient (Wildman–Crippen LogP) is 9.60. The number of nitrogens with two attached hydrogens (primary N) is 2. The molecule has 4 atom stereocenters. The van der Waals surface area contributed by atoms with E-state index in [4.69, 9.17) is 20.9 Å². The molecule has 6 rings (SSSR count). The van der Waals surface area contributed by atoms with E-state index in [1.54, 1.807) is 12.1 Å². The van der Waals surface area contributed by atoms with Crippen molar-refractivity contribution >= 4 is 77.9 Å². The summed E-state index contributed by atoms with van der Waals surface area (Å²) in [6.07, 6.45) is 11.0. The third-order valence-corrected chi connectivity index (χ3v) is 18.8. The van der Waals surface area contributed by atoms with E-state index in [9.17, 15) is 26.4 Å². The molecule has 4 N–H and O–H groups in total. The number of thioether (sulfide) groups is 2. The summed E-state index contributed by atoms with van der Waals surface area (Å²) in [4.78, 5) is 29.8. The number of anilines is 4. The van der Waals surface area contributed by atoms with Crippen LogP contribution in [0.15, 0.2) is 105 Å². The fourth-order valence-electron chi connectivity index (χ4n) is 9.08. The van der Waals surface area contributed by atoms with Crippen molar-refractivity contribution in [2.75, 3.05) is 74.3 Å². The maximum absolute atomic E-state index is 13.9. The number of carbonyl (C=O) groups excluding carboxylic acids is 2. The Balaban J connectivity index is 0.000000261. The number of benzene rings is 4. The SMILES string of the molecule is CCCC[C@@]1(CC)CN(c2ccccc2)c2cc(SC)c(OC[C@@H](N)C(=O)OC)cc2S(=O)(=O)C1.CCCC[C@]1(CC)CN(c2ccccc2)c2cc(SC)c(OC[C@@H](N)C(=O)OC)cc2S(=O)(=O)C1. The molecule has 0 aliphatic carbocycles. The maximum atomic E-state index is 13.9. The lowest BCUT2D eigenvalue weighted by atomic mass is 9.81. The third-order valence-electron chi connectivity index (χ3n) is 13.3. The van der Waals surface area contributed by atoms with Crippen LogP contribution in [0.4, 0.5) is 22.7 Å². The molecule has 0 aromatic heterocycles. The number of hydrogen-bond donors (Lipinski definition) is 2. The van der Waals surface area contributed by atoms with Crippen LogP contribution < -0.4 is 30.7 Å². The molecule has 0 radical (unpaired) electrons. The fourth-order valence-corrected chi connectivity index (χ4v) is 14.5. The van der Waals surface area contributed by atoms with Gasteiger partial charge in [0.1, 0.15) is 36.8 Å². The minimum atomic E-state index is -3.63. The number of esters is 2. The smallest absolute Gasteiger partial charge is 0.326 e. The molecule has 14 nitrogen and oxygen atoms in total. The number of nitrogens with zero attached hydrogens (tertiary/aromatic N) is 2. The number of unbranched alkanes of at least 4 members (excludes halogenated alkanes) is 2. The second-order valence-corrected chi connectivity index (χ2v) is 23.7. The van der Waals surface area contributed by atoms with Gasteiger partial charge in [0.25, 0.3) is 0 Å². The van der Waals surface area contributed by atoms with Crippen molar-refractivity contribution in [3.63, 3.8) is 0 Å². The van der Waals surface area contributed by atoms with E-state index in [-0.39, 0.29) is 45.3 Å². The summed E-state index contributed by atoms with van der Waals surface area (Å²) in [6.45, 7) is 9.42. The summed E-state index contributed by atoms with van der Waals surface area (Å²) in [7, 11) is -4.73. The molecule has 0 amide bonds. The van der Waals surface area contributed by atoms with Crippen LogP contribution in [0, 0.1) is 10.8 Å². The van der Waals surface area contributed by atoms with Crippen LogP contribution in [0.3, 0.4) is 0 Å². The molecule has 2 aliphatic heterocycles. The lowest BCUT2D eigenvalue weighted by Gasteiger charge is -2.36. The minimum absolute atomic E-state index is 0.0760. The van der Waals surface area contributed by atoms with E-state index < -0.39 is 43.7 Å². The standard InChI is InChI=1S/2C26H36N2O5S2/c2*1-5-7-13-26(6-2)17-28(19-11-9-8-10-12-19)21-14-23(34-4)22(15-24(21)35(30,31)18-26)33-16-20(27)25(29)32-3/h2*8-12,14-15,20H,5-7,13,16-18,27H2,1-4H3/t20-,26+;20-,26-/m11/s1. The Kier molecular flexibility index (Phi) is 20.4. The van der Waals surface area contributed by atoms with Crippen molar-refractivity contribution in [1.82, 2.24) is 0 Å². The van der Waals surface area contributed by atoms with Gasteiger partial charge in [0.05, 0.1) is 56.7 Å². The second-order valence-electron chi connectivity index (χ2n) is 18.1. The van der Waals surface area contributed by atoms with Gasteiger partial charge in [-0.3, -0.25) is 9.59 Å². The van der Waals surface area contributed by atoms with Crippen LogP contribution in [0.5, 0.6) is 11.5 Å². The number of sulfone groups is 2. The van der Waals surface area contributed by atoms with Crippen LogP contribution in [-0.4, -0.2) is 105 Å². The topological polar surface area (TPSA) is 198 Å². The normalized spacial score (nSPS) is 20.0. The highest BCUT2D eigenvalue weighted by Crippen LogP contribution is 2.49. The van der Waals surface area contributed by atoms with Crippen molar-refractivity contribution in [1.29, 1.82) is 0 Å². The summed E-state index contributed by atoms with van der Waals surface area (Å²) in [5.74, 6) is -0.234. The van der Waals surface area contributed by atoms with Crippen LogP contribution in [0.1, 0.15) is 79.1 Å². The number of fused-ring (bicyclic) bond motifs is 2. The Morgan fingerprint density at radius 2 is 0.971 bits per heavy atom. The van der Waals surface area contributed by atoms with Gasteiger partial charge in [-0.15, -0.1) is 23.5 Å². The Labute approximate surface area is 424 Å². The number of hydrogen-bond acceptors (Lipinski definition) is 16. The van der Waals surface area contributed by atoms with Crippen LogP contribution >= 0.6 is 23.5 Å². The highest BCUT2D eigenvalue weighted by atomic mass is 32.2. The van der Waals surface area contributed by atoms with Gasteiger partial charge >= 0.3 is 11.9 Å². The van der Waals surface area contributed by atoms with Crippen molar-refractivity contribution in [3.8, 4) is 11.5 Å². The molecule has 2 aliphatic rings. The molecule has 18 heteroatoms. The van der Waals surface area contributed by atoms with Crippen LogP contribution in [0.25, 0.3) is 0 Å². The van der Waals surface area contributed by atoms with Crippen LogP contribution in [-0.2, 0) is 38.7 Å². The van der Waals surface area contributed by atoms with Crippen molar-refractivity contribution < 1.29 is 45.4 Å². The summed E-state index contributed by atoms with van der Waals surface area (Å²) in [5.41, 5.74) is 14.1. The molecule has 0 spiro atoms. The summed E-state index contributed by atoms with van der Waals surface area (Å²) < 4.78 is 76.5. The van der Waals surface area contributed by atoms with Gasteiger partial charge in [-0.05, 0) is 74.6 Å². The fraction of sp³-hybridized carbons (Fsp3) is 0.500. The quantitative estimate of drug-likeness (QED) is 0.0626. The second kappa shape index (κ2) is 25.3. The first kappa shape index (κ1) is 56.5. The molecule has 0 fully saturated rings. The van der Waals surface area contributed by atoms with Gasteiger partial charge in [-0.1, -0.05) is 89.8 Å². The molecule has 0 unspecified atom stereocenters. The number of carbonyl (C=O) groups is 2. The molecule has 4 aromatic rings. The number of rotatable bonds is 20. The first-order valence-electron chi connectivity index (χ1n) is 23.9. The molecule has 384 valence electrons. The van der Waals surface area contributed by atoms with E-state index in [2.05, 4.69) is 47.0 Å². The molecule has 0 saturated heterocycles. The first-order chi connectivity index (χ1) is 33.4. The Bertz CT molecular complexity index is 2430. The molecule has 70 heavy (non-hydrogen) atoms. The zero-order chi connectivity index (χ0) is 51.3. The third kappa shape index (κ3) is 13.5. The lowest BCUT2D eigenvalue weighted by Crippen LogP contribution is -2.37. The average molecular weight is 1040 g/mol. The largest absolute Gasteiger partial charge is 0.490 e.